The van der Waals surface area contributed by atoms with E-state index in [0.29, 0.717) is 11.4 Å². The lowest BCUT2D eigenvalue weighted by atomic mass is 10.2. The molecule has 0 spiro atoms. The average Bonchev–Trinajstić information content (AvgIpc) is 2.55. The number of hydrogen-bond donors (Lipinski definition) is 1. The average molecular weight is 369 g/mol. The van der Waals surface area contributed by atoms with Crippen LogP contribution in [0.3, 0.4) is 0 Å². The molecule has 25 heavy (non-hydrogen) atoms. The molecule has 0 heterocycles. The monoisotopic (exact) mass is 368 g/mol. The quantitative estimate of drug-likeness (QED) is 0.877. The van der Waals surface area contributed by atoms with E-state index in [2.05, 4.69) is 5.32 Å². The van der Waals surface area contributed by atoms with Gasteiger partial charge in [-0.05, 0) is 30.3 Å². The molecular weight excluding hydrogens is 354 g/mol. The van der Waals surface area contributed by atoms with E-state index in [-0.39, 0.29) is 23.2 Å². The van der Waals surface area contributed by atoms with Crippen LogP contribution in [-0.4, -0.2) is 25.5 Å². The Morgan fingerprint density at radius 3 is 2.44 bits per heavy atom. The van der Waals surface area contributed by atoms with Crippen molar-refractivity contribution in [3.63, 3.8) is 0 Å². The number of ether oxygens (including phenoxy) is 1. The number of hydrogen-bond acceptors (Lipinski definition) is 3. The minimum absolute atomic E-state index is 0.0835. The molecule has 2 aromatic carbocycles. The topological polar surface area (TPSA) is 58.6 Å². The molecule has 0 bridgehead atoms. The summed E-state index contributed by atoms with van der Waals surface area (Å²) in [6.45, 7) is 0.972. The lowest BCUT2D eigenvalue weighted by Crippen LogP contribution is -2.36. The highest BCUT2D eigenvalue weighted by Crippen LogP contribution is 2.29. The van der Waals surface area contributed by atoms with E-state index in [1.54, 1.807) is 12.1 Å². The Morgan fingerprint density at radius 2 is 1.88 bits per heavy atom. The van der Waals surface area contributed by atoms with Crippen LogP contribution in [0.5, 0.6) is 5.75 Å². The molecule has 0 fully saturated rings. The fourth-order valence-corrected chi connectivity index (χ4v) is 2.38. The summed E-state index contributed by atoms with van der Waals surface area (Å²) >= 11 is 6.04. The van der Waals surface area contributed by atoms with Gasteiger partial charge in [-0.15, -0.1) is 0 Å². The molecule has 0 saturated carbocycles. The first kappa shape index (κ1) is 18.7. The highest BCUT2D eigenvalue weighted by atomic mass is 35.5. The van der Waals surface area contributed by atoms with Gasteiger partial charge in [0.05, 0.1) is 12.1 Å². The van der Waals surface area contributed by atoms with Crippen molar-refractivity contribution in [2.75, 3.05) is 23.9 Å². The van der Waals surface area contributed by atoms with Gasteiger partial charge in [0.25, 0.3) is 0 Å². The van der Waals surface area contributed by atoms with Crippen molar-refractivity contribution >= 4 is 34.8 Å². The van der Waals surface area contributed by atoms with Crippen molar-refractivity contribution < 1.29 is 23.1 Å². The van der Waals surface area contributed by atoms with Gasteiger partial charge in [0, 0.05) is 24.4 Å². The van der Waals surface area contributed by atoms with Crippen LogP contribution in [0.4, 0.5) is 20.2 Å². The fourth-order valence-electron chi connectivity index (χ4n) is 2.13. The maximum Gasteiger partial charge on any atom is 0.244 e. The van der Waals surface area contributed by atoms with Crippen LogP contribution in [0.15, 0.2) is 36.4 Å². The van der Waals surface area contributed by atoms with Crippen LogP contribution < -0.4 is 15.0 Å². The molecule has 0 radical (unpaired) electrons. The lowest BCUT2D eigenvalue weighted by molar-refractivity contribution is -0.120. The van der Waals surface area contributed by atoms with Crippen LogP contribution >= 0.6 is 11.6 Å². The van der Waals surface area contributed by atoms with Gasteiger partial charge in [0.1, 0.15) is 12.3 Å². The van der Waals surface area contributed by atoms with E-state index >= 15 is 0 Å². The fraction of sp³-hybridized carbons (Fsp3) is 0.176. The van der Waals surface area contributed by atoms with Gasteiger partial charge < -0.3 is 15.0 Å². The number of halogens is 3. The number of methoxy groups -OCH3 is 1. The second kappa shape index (κ2) is 7.94. The second-order valence-electron chi connectivity index (χ2n) is 5.10. The van der Waals surface area contributed by atoms with E-state index in [1.165, 1.54) is 31.1 Å². The summed E-state index contributed by atoms with van der Waals surface area (Å²) in [5, 5.41) is 2.69. The first-order valence-corrected chi connectivity index (χ1v) is 7.56. The highest BCUT2D eigenvalue weighted by Gasteiger charge is 2.17. The number of benzene rings is 2. The van der Waals surface area contributed by atoms with Crippen molar-refractivity contribution in [3.8, 4) is 5.75 Å². The molecule has 0 saturated heterocycles. The number of anilines is 2. The molecule has 5 nitrogen and oxygen atoms in total. The molecule has 0 unspecified atom stereocenters. The molecule has 2 aromatic rings. The van der Waals surface area contributed by atoms with Crippen molar-refractivity contribution in [2.24, 2.45) is 0 Å². The van der Waals surface area contributed by atoms with E-state index in [9.17, 15) is 18.4 Å². The minimum Gasteiger partial charge on any atom is -0.495 e. The zero-order valence-electron chi connectivity index (χ0n) is 13.5. The maximum absolute atomic E-state index is 13.2. The number of rotatable bonds is 5. The van der Waals surface area contributed by atoms with Gasteiger partial charge in [-0.2, -0.15) is 0 Å². The van der Waals surface area contributed by atoms with Crippen LogP contribution in [0, 0.1) is 11.6 Å². The summed E-state index contributed by atoms with van der Waals surface area (Å²) in [4.78, 5) is 25.2. The Bertz CT molecular complexity index is 814. The smallest absolute Gasteiger partial charge is 0.244 e. The summed E-state index contributed by atoms with van der Waals surface area (Å²) in [7, 11) is 1.46. The lowest BCUT2D eigenvalue weighted by Gasteiger charge is -2.21. The number of carbonyl (C=O) groups excluding carboxylic acids is 2. The van der Waals surface area contributed by atoms with Crippen molar-refractivity contribution in [2.45, 2.75) is 6.92 Å². The molecule has 2 rings (SSSR count). The molecule has 0 aromatic heterocycles. The van der Waals surface area contributed by atoms with E-state index in [0.717, 1.165) is 12.1 Å². The second-order valence-corrected chi connectivity index (χ2v) is 5.51. The SMILES string of the molecule is COc1ccc(N(CC(=O)Nc2ccc(F)c(F)c2)C(C)=O)cc1Cl. The van der Waals surface area contributed by atoms with Crippen molar-refractivity contribution in [1.82, 2.24) is 0 Å². The zero-order valence-corrected chi connectivity index (χ0v) is 14.2. The molecule has 0 atom stereocenters. The Kier molecular flexibility index (Phi) is 5.93. The number of nitrogens with zero attached hydrogens (tertiary/aromatic N) is 1. The number of amides is 2. The summed E-state index contributed by atoms with van der Waals surface area (Å²) in [5.41, 5.74) is 0.485. The third kappa shape index (κ3) is 4.67. The molecule has 2 amide bonds. The van der Waals surface area contributed by atoms with Crippen molar-refractivity contribution in [3.05, 3.63) is 53.1 Å². The Hall–Kier alpha value is -2.67. The van der Waals surface area contributed by atoms with Gasteiger partial charge >= 0.3 is 0 Å². The highest BCUT2D eigenvalue weighted by molar-refractivity contribution is 6.32. The third-order valence-corrected chi connectivity index (χ3v) is 3.63. The predicted molar refractivity (Wildman–Crippen MR) is 91.0 cm³/mol. The largest absolute Gasteiger partial charge is 0.495 e. The Balaban J connectivity index is 2.15. The minimum atomic E-state index is -1.08. The molecule has 132 valence electrons. The summed E-state index contributed by atoms with van der Waals surface area (Å²) in [5.74, 6) is -2.63. The van der Waals surface area contributed by atoms with Gasteiger partial charge in [-0.25, -0.2) is 8.78 Å². The molecule has 0 aliphatic heterocycles. The Morgan fingerprint density at radius 1 is 1.16 bits per heavy atom. The van der Waals surface area contributed by atoms with Crippen LogP contribution in [0.2, 0.25) is 5.02 Å². The van der Waals surface area contributed by atoms with Gasteiger partial charge in [-0.1, -0.05) is 11.6 Å². The van der Waals surface area contributed by atoms with E-state index in [1.807, 2.05) is 0 Å². The molecule has 0 aliphatic rings. The molecule has 0 aliphatic carbocycles. The third-order valence-electron chi connectivity index (χ3n) is 3.33. The first-order valence-electron chi connectivity index (χ1n) is 7.18. The predicted octanol–water partition coefficient (Wildman–Crippen LogP) is 3.62. The maximum atomic E-state index is 13.2. The molecule has 1 N–H and O–H groups in total. The standard InChI is InChI=1S/C17H15ClF2N2O3/c1-10(23)22(12-4-6-16(25-2)13(18)8-12)9-17(24)21-11-3-5-14(19)15(20)7-11/h3-8H,9H2,1-2H3,(H,21,24). The Labute approximate surface area is 148 Å². The molecule has 8 heteroatoms. The van der Waals surface area contributed by atoms with E-state index in [4.69, 9.17) is 16.3 Å². The van der Waals surface area contributed by atoms with Crippen LogP contribution in [-0.2, 0) is 9.59 Å². The number of carbonyl (C=O) groups is 2. The summed E-state index contributed by atoms with van der Waals surface area (Å²) in [6, 6.07) is 7.62. The van der Waals surface area contributed by atoms with Gasteiger partial charge in [-0.3, -0.25) is 9.59 Å². The molecular formula is C17H15ClF2N2O3. The van der Waals surface area contributed by atoms with Gasteiger partial charge in [0.2, 0.25) is 11.8 Å². The summed E-state index contributed by atoms with van der Waals surface area (Å²) in [6.07, 6.45) is 0. The summed E-state index contributed by atoms with van der Waals surface area (Å²) < 4.78 is 31.1. The van der Waals surface area contributed by atoms with Crippen LogP contribution in [0.1, 0.15) is 6.92 Å². The first-order chi connectivity index (χ1) is 11.8. The van der Waals surface area contributed by atoms with Crippen molar-refractivity contribution in [1.29, 1.82) is 0 Å². The van der Waals surface area contributed by atoms with Crippen LogP contribution in [0.25, 0.3) is 0 Å². The van der Waals surface area contributed by atoms with E-state index < -0.39 is 17.5 Å². The van der Waals surface area contributed by atoms with Gasteiger partial charge in [0.15, 0.2) is 11.6 Å². The zero-order chi connectivity index (χ0) is 18.6. The number of nitrogens with one attached hydrogen (secondary N) is 1. The normalized spacial score (nSPS) is 10.3.